The van der Waals surface area contributed by atoms with Gasteiger partial charge in [0.05, 0.1) is 11.3 Å². The fourth-order valence-electron chi connectivity index (χ4n) is 4.49. The van der Waals surface area contributed by atoms with Gasteiger partial charge in [-0.3, -0.25) is 9.78 Å². The van der Waals surface area contributed by atoms with Gasteiger partial charge in [-0.25, -0.2) is 4.39 Å². The molecule has 1 atom stereocenters. The molecule has 1 aromatic heterocycles. The Morgan fingerprint density at radius 1 is 1.19 bits per heavy atom. The van der Waals surface area contributed by atoms with E-state index in [4.69, 9.17) is 0 Å². The number of carbonyl (C=O) groups excluding carboxylic acids is 1. The quantitative estimate of drug-likeness (QED) is 0.595. The molecule has 5 rings (SSSR count). The molecule has 0 aliphatic carbocycles. The Labute approximate surface area is 180 Å². The highest BCUT2D eigenvalue weighted by Crippen LogP contribution is 2.35. The largest absolute Gasteiger partial charge is 0.371 e. The number of pyridine rings is 1. The van der Waals surface area contributed by atoms with Crippen LogP contribution < -0.4 is 15.5 Å². The van der Waals surface area contributed by atoms with Crippen molar-refractivity contribution in [1.82, 2.24) is 4.98 Å². The molecule has 2 aliphatic heterocycles. The summed E-state index contributed by atoms with van der Waals surface area (Å²) in [7, 11) is 0. The predicted molar refractivity (Wildman–Crippen MR) is 122 cm³/mol. The smallest absolute Gasteiger partial charge is 0.257 e. The first-order valence-corrected chi connectivity index (χ1v) is 10.4. The maximum absolute atomic E-state index is 14.2. The molecule has 3 aromatic rings. The van der Waals surface area contributed by atoms with Crippen molar-refractivity contribution in [3.8, 4) is 0 Å². The summed E-state index contributed by atoms with van der Waals surface area (Å²) in [6.45, 7) is 4.09. The highest BCUT2D eigenvalue weighted by atomic mass is 19.1. The number of aromatic nitrogens is 1. The monoisotopic (exact) mass is 414 g/mol. The summed E-state index contributed by atoms with van der Waals surface area (Å²) in [5, 5.41) is 5.87. The highest BCUT2D eigenvalue weighted by Gasteiger charge is 2.27. The van der Waals surface area contributed by atoms with Crippen molar-refractivity contribution in [3.63, 3.8) is 0 Å². The van der Waals surface area contributed by atoms with Crippen molar-refractivity contribution in [1.29, 1.82) is 0 Å². The van der Waals surface area contributed by atoms with E-state index in [1.807, 2.05) is 18.5 Å². The molecule has 2 aliphatic rings. The number of anilines is 3. The van der Waals surface area contributed by atoms with Gasteiger partial charge in [-0.05, 0) is 66.9 Å². The lowest BCUT2D eigenvalue weighted by Gasteiger charge is -2.22. The average molecular weight is 414 g/mol. The molecular weight excluding hydrogens is 391 g/mol. The first kappa shape index (κ1) is 19.3. The Morgan fingerprint density at radius 2 is 2.03 bits per heavy atom. The SMILES string of the molecule is Cc1cc(NC=C2C(=O)Nc3cccc(F)c32)ccc1N1CCC(c2ccncc2)C1. The van der Waals surface area contributed by atoms with Crippen LogP contribution in [0.2, 0.25) is 0 Å². The molecule has 0 saturated carbocycles. The number of rotatable bonds is 4. The van der Waals surface area contributed by atoms with Gasteiger partial charge in [-0.1, -0.05) is 6.07 Å². The molecule has 3 heterocycles. The summed E-state index contributed by atoms with van der Waals surface area (Å²) < 4.78 is 14.2. The highest BCUT2D eigenvalue weighted by molar-refractivity contribution is 6.31. The number of benzene rings is 2. The Morgan fingerprint density at radius 3 is 2.84 bits per heavy atom. The fourth-order valence-corrected chi connectivity index (χ4v) is 4.49. The number of hydrogen-bond acceptors (Lipinski definition) is 4. The summed E-state index contributed by atoms with van der Waals surface area (Å²) in [4.78, 5) is 18.8. The lowest BCUT2D eigenvalue weighted by atomic mass is 10.00. The zero-order chi connectivity index (χ0) is 21.4. The number of aryl methyl sites for hydroxylation is 1. The molecule has 2 aromatic carbocycles. The maximum atomic E-state index is 14.2. The number of hydrogen-bond donors (Lipinski definition) is 2. The Kier molecular flexibility index (Phi) is 4.90. The second-order valence-electron chi connectivity index (χ2n) is 8.03. The first-order chi connectivity index (χ1) is 15.1. The normalized spacial score (nSPS) is 18.9. The van der Waals surface area contributed by atoms with E-state index in [0.29, 0.717) is 22.7 Å². The molecule has 156 valence electrons. The lowest BCUT2D eigenvalue weighted by Crippen LogP contribution is -2.20. The van der Waals surface area contributed by atoms with Crippen LogP contribution in [0, 0.1) is 12.7 Å². The standard InChI is InChI=1S/C25H23FN4O/c1-16-13-19(28-14-20-24-21(26)3-2-4-22(24)29-25(20)31)5-6-23(16)30-12-9-18(15-30)17-7-10-27-11-8-17/h2-8,10-11,13-14,18,28H,9,12,15H2,1H3,(H,29,31). The van der Waals surface area contributed by atoms with E-state index in [1.165, 1.54) is 17.3 Å². The van der Waals surface area contributed by atoms with E-state index in [2.05, 4.69) is 51.7 Å². The van der Waals surface area contributed by atoms with Crippen molar-refractivity contribution in [2.75, 3.05) is 28.6 Å². The van der Waals surface area contributed by atoms with Crippen LogP contribution in [-0.4, -0.2) is 24.0 Å². The van der Waals surface area contributed by atoms with E-state index < -0.39 is 5.82 Å². The molecule has 0 radical (unpaired) electrons. The van der Waals surface area contributed by atoms with Gasteiger partial charge in [-0.2, -0.15) is 0 Å². The van der Waals surface area contributed by atoms with Crippen molar-refractivity contribution < 1.29 is 9.18 Å². The van der Waals surface area contributed by atoms with Gasteiger partial charge in [0.1, 0.15) is 5.82 Å². The number of fused-ring (bicyclic) bond motifs is 1. The van der Waals surface area contributed by atoms with Crippen molar-refractivity contribution in [3.05, 3.63) is 89.6 Å². The zero-order valence-corrected chi connectivity index (χ0v) is 17.2. The molecule has 1 amide bonds. The molecule has 2 N–H and O–H groups in total. The van der Waals surface area contributed by atoms with Gasteiger partial charge >= 0.3 is 0 Å². The van der Waals surface area contributed by atoms with Gasteiger partial charge in [0.25, 0.3) is 5.91 Å². The number of carbonyl (C=O) groups is 1. The molecule has 0 spiro atoms. The van der Waals surface area contributed by atoms with E-state index >= 15 is 0 Å². The first-order valence-electron chi connectivity index (χ1n) is 10.4. The van der Waals surface area contributed by atoms with Gasteiger partial charge in [0, 0.05) is 54.5 Å². The Bertz CT molecular complexity index is 1180. The number of nitrogens with zero attached hydrogens (tertiary/aromatic N) is 2. The number of amides is 1. The summed E-state index contributed by atoms with van der Waals surface area (Å²) in [6.07, 6.45) is 6.41. The number of nitrogens with one attached hydrogen (secondary N) is 2. The molecule has 1 saturated heterocycles. The number of halogens is 1. The lowest BCUT2D eigenvalue weighted by molar-refractivity contribution is -0.110. The van der Waals surface area contributed by atoms with Gasteiger partial charge in [0.15, 0.2) is 0 Å². The minimum Gasteiger partial charge on any atom is -0.371 e. The van der Waals surface area contributed by atoms with Crippen LogP contribution >= 0.6 is 0 Å². The second-order valence-corrected chi connectivity index (χ2v) is 8.03. The van der Waals surface area contributed by atoms with E-state index in [0.717, 1.165) is 30.8 Å². The fraction of sp³-hybridized carbons (Fsp3) is 0.200. The van der Waals surface area contributed by atoms with Crippen molar-refractivity contribution in [2.45, 2.75) is 19.3 Å². The zero-order valence-electron chi connectivity index (χ0n) is 17.2. The van der Waals surface area contributed by atoms with Gasteiger partial charge < -0.3 is 15.5 Å². The van der Waals surface area contributed by atoms with Crippen LogP contribution in [0.5, 0.6) is 0 Å². The summed E-state index contributed by atoms with van der Waals surface area (Å²) in [5.74, 6) is -0.200. The second kappa shape index (κ2) is 7.87. The Balaban J connectivity index is 1.32. The molecular formula is C25H23FN4O. The van der Waals surface area contributed by atoms with Crippen molar-refractivity contribution in [2.24, 2.45) is 0 Å². The van der Waals surface area contributed by atoms with Crippen LogP contribution in [0.4, 0.5) is 21.5 Å². The molecule has 6 heteroatoms. The summed E-state index contributed by atoms with van der Waals surface area (Å²) in [5.41, 5.74) is 5.68. The topological polar surface area (TPSA) is 57.3 Å². The minimum absolute atomic E-state index is 0.301. The maximum Gasteiger partial charge on any atom is 0.257 e. The van der Waals surface area contributed by atoms with Gasteiger partial charge in [-0.15, -0.1) is 0 Å². The van der Waals surface area contributed by atoms with Crippen LogP contribution in [0.1, 0.15) is 29.0 Å². The molecule has 1 fully saturated rings. The molecule has 1 unspecified atom stereocenters. The Hall–Kier alpha value is -3.67. The minimum atomic E-state index is -0.409. The van der Waals surface area contributed by atoms with Crippen LogP contribution in [-0.2, 0) is 4.79 Å². The predicted octanol–water partition coefficient (Wildman–Crippen LogP) is 4.93. The van der Waals surface area contributed by atoms with Crippen LogP contribution in [0.25, 0.3) is 5.57 Å². The summed E-state index contributed by atoms with van der Waals surface area (Å²) in [6, 6.07) is 15.0. The third-order valence-electron chi connectivity index (χ3n) is 6.06. The average Bonchev–Trinajstić information content (AvgIpc) is 3.38. The third-order valence-corrected chi connectivity index (χ3v) is 6.06. The molecule has 31 heavy (non-hydrogen) atoms. The van der Waals surface area contributed by atoms with E-state index in [1.54, 1.807) is 18.3 Å². The molecule has 5 nitrogen and oxygen atoms in total. The molecule has 0 bridgehead atoms. The van der Waals surface area contributed by atoms with E-state index in [9.17, 15) is 9.18 Å². The van der Waals surface area contributed by atoms with Crippen molar-refractivity contribution >= 4 is 28.5 Å². The van der Waals surface area contributed by atoms with E-state index in [-0.39, 0.29) is 5.91 Å². The third kappa shape index (κ3) is 3.65. The van der Waals surface area contributed by atoms with Gasteiger partial charge in [0.2, 0.25) is 0 Å². The van der Waals surface area contributed by atoms with Crippen LogP contribution in [0.3, 0.4) is 0 Å². The van der Waals surface area contributed by atoms with Crippen LogP contribution in [0.15, 0.2) is 67.1 Å². The summed E-state index contributed by atoms with van der Waals surface area (Å²) >= 11 is 0.